The van der Waals surface area contributed by atoms with Crippen molar-refractivity contribution in [3.63, 3.8) is 0 Å². The molecule has 0 saturated carbocycles. The monoisotopic (exact) mass is 926 g/mol. The summed E-state index contributed by atoms with van der Waals surface area (Å²) in [6.07, 6.45) is 53.5. The predicted molar refractivity (Wildman–Crippen MR) is 263 cm³/mol. The number of esters is 2. The summed E-state index contributed by atoms with van der Waals surface area (Å²) in [5.74, 6) is -2.39. The number of aliphatic carboxylic acids is 1. The highest BCUT2D eigenvalue weighted by Gasteiger charge is 2.28. The fourth-order valence-electron chi connectivity index (χ4n) is 7.31. The molecular formula is C52H96NO10P. The number of phosphoric ester groups is 1. The number of carbonyl (C=O) groups excluding carboxylic acids is 2. The third-order valence-electron chi connectivity index (χ3n) is 11.4. The van der Waals surface area contributed by atoms with Crippen LogP contribution in [0.4, 0.5) is 0 Å². The van der Waals surface area contributed by atoms with Gasteiger partial charge in [0.25, 0.3) is 0 Å². The van der Waals surface area contributed by atoms with Crippen LogP contribution in [-0.2, 0) is 37.5 Å². The Bertz CT molecular complexity index is 1220. The van der Waals surface area contributed by atoms with E-state index in [2.05, 4.69) is 54.8 Å². The Morgan fingerprint density at radius 1 is 0.484 bits per heavy atom. The van der Waals surface area contributed by atoms with Crippen molar-refractivity contribution in [2.45, 2.75) is 257 Å². The van der Waals surface area contributed by atoms with Gasteiger partial charge in [-0.25, -0.2) is 4.57 Å². The first-order valence-electron chi connectivity index (χ1n) is 26.0. The molecule has 0 radical (unpaired) electrons. The van der Waals surface area contributed by atoms with Gasteiger partial charge in [-0.05, 0) is 51.4 Å². The Kier molecular flexibility index (Phi) is 45.5. The number of hydrogen-bond acceptors (Lipinski definition) is 9. The fraction of sp³-hybridized carbons (Fsp3) is 0.827. The predicted octanol–water partition coefficient (Wildman–Crippen LogP) is 14.7. The molecule has 0 bridgehead atoms. The van der Waals surface area contributed by atoms with Gasteiger partial charge in [0.2, 0.25) is 0 Å². The summed E-state index contributed by atoms with van der Waals surface area (Å²) in [5.41, 5.74) is 5.35. The van der Waals surface area contributed by atoms with Crippen molar-refractivity contribution < 1.29 is 47.5 Å². The Labute approximate surface area is 391 Å². The van der Waals surface area contributed by atoms with Crippen LogP contribution in [0.5, 0.6) is 0 Å². The molecule has 4 N–H and O–H groups in total. The van der Waals surface area contributed by atoms with E-state index in [4.69, 9.17) is 24.8 Å². The lowest BCUT2D eigenvalue weighted by atomic mass is 10.0. The summed E-state index contributed by atoms with van der Waals surface area (Å²) in [4.78, 5) is 46.2. The van der Waals surface area contributed by atoms with E-state index in [9.17, 15) is 23.8 Å². The van der Waals surface area contributed by atoms with Gasteiger partial charge in [0.15, 0.2) is 6.10 Å². The molecule has 3 atom stereocenters. The van der Waals surface area contributed by atoms with E-state index >= 15 is 0 Å². The zero-order valence-electron chi connectivity index (χ0n) is 40.9. The molecule has 374 valence electrons. The highest BCUT2D eigenvalue weighted by Crippen LogP contribution is 2.43. The number of carbonyl (C=O) groups is 3. The largest absolute Gasteiger partial charge is 0.480 e. The van der Waals surface area contributed by atoms with E-state index in [0.29, 0.717) is 12.8 Å². The maximum absolute atomic E-state index is 12.7. The van der Waals surface area contributed by atoms with Crippen LogP contribution in [0.2, 0.25) is 0 Å². The molecule has 0 amide bonds. The maximum atomic E-state index is 12.7. The molecule has 0 fully saturated rings. The van der Waals surface area contributed by atoms with Gasteiger partial charge in [-0.15, -0.1) is 0 Å². The van der Waals surface area contributed by atoms with Gasteiger partial charge < -0.3 is 25.2 Å². The number of phosphoric acid groups is 1. The van der Waals surface area contributed by atoms with Gasteiger partial charge in [-0.3, -0.25) is 23.4 Å². The molecule has 0 aromatic rings. The van der Waals surface area contributed by atoms with Crippen LogP contribution in [0.15, 0.2) is 36.5 Å². The average Bonchev–Trinajstić information content (AvgIpc) is 3.27. The highest BCUT2D eigenvalue weighted by molar-refractivity contribution is 7.47. The van der Waals surface area contributed by atoms with Gasteiger partial charge in [0.1, 0.15) is 12.6 Å². The molecular weight excluding hydrogens is 830 g/mol. The first kappa shape index (κ1) is 61.7. The van der Waals surface area contributed by atoms with Crippen LogP contribution < -0.4 is 5.73 Å². The molecule has 0 aromatic carbocycles. The molecule has 64 heavy (non-hydrogen) atoms. The van der Waals surface area contributed by atoms with E-state index < -0.39 is 51.1 Å². The minimum atomic E-state index is -4.73. The van der Waals surface area contributed by atoms with E-state index in [1.165, 1.54) is 148 Å². The van der Waals surface area contributed by atoms with E-state index in [-0.39, 0.29) is 19.4 Å². The van der Waals surface area contributed by atoms with Crippen molar-refractivity contribution in [2.75, 3.05) is 19.8 Å². The van der Waals surface area contributed by atoms with E-state index in [1.54, 1.807) is 0 Å². The number of rotatable bonds is 49. The van der Waals surface area contributed by atoms with Crippen LogP contribution in [0.3, 0.4) is 0 Å². The standard InChI is InChI=1S/C52H96NO10P/c1-3-5-7-9-11-13-15-17-19-21-22-23-24-25-26-28-30-32-34-36-38-40-42-44-51(55)63-48(46-61-64(58,59)62-47-49(53)52(56)57)45-60-50(54)43-41-39-37-35-33-31-29-27-20-18-16-14-12-10-8-6-4-2/h12,14,18,20,29,31,48-49H,3-11,13,15-17,19,21-28,30,32-47,53H2,1-2H3,(H,56,57)(H,58,59)/b14-12+,20-18+,31-29+/t48-,49-/m0/s1. The lowest BCUT2D eigenvalue weighted by molar-refractivity contribution is -0.161. The molecule has 0 aliphatic heterocycles. The Balaban J connectivity index is 4.23. The second-order valence-corrected chi connectivity index (χ2v) is 19.1. The van der Waals surface area contributed by atoms with E-state index in [1.807, 2.05) is 0 Å². The maximum Gasteiger partial charge on any atom is 0.472 e. The number of allylic oxidation sites excluding steroid dienone is 6. The second kappa shape index (κ2) is 47.2. The number of carboxylic acids is 1. The lowest BCUT2D eigenvalue weighted by Crippen LogP contribution is -2.34. The van der Waals surface area contributed by atoms with Crippen molar-refractivity contribution in [3.8, 4) is 0 Å². The summed E-state index contributed by atoms with van der Waals surface area (Å²) in [5, 5.41) is 8.92. The number of ether oxygens (including phenoxy) is 2. The summed E-state index contributed by atoms with van der Waals surface area (Å²) < 4.78 is 32.8. The molecule has 0 heterocycles. The van der Waals surface area contributed by atoms with Gasteiger partial charge in [0.05, 0.1) is 13.2 Å². The highest BCUT2D eigenvalue weighted by atomic mass is 31.2. The summed E-state index contributed by atoms with van der Waals surface area (Å²) in [6.45, 7) is 2.80. The fourth-order valence-corrected chi connectivity index (χ4v) is 8.09. The topological polar surface area (TPSA) is 172 Å². The third-order valence-corrected chi connectivity index (χ3v) is 12.3. The van der Waals surface area contributed by atoms with Crippen LogP contribution in [0.1, 0.15) is 245 Å². The summed E-state index contributed by atoms with van der Waals surface area (Å²) in [7, 11) is -4.73. The van der Waals surface area contributed by atoms with Gasteiger partial charge in [-0.1, -0.05) is 217 Å². The first-order chi connectivity index (χ1) is 31.1. The van der Waals surface area contributed by atoms with Crippen LogP contribution in [0, 0.1) is 0 Å². The van der Waals surface area contributed by atoms with Crippen molar-refractivity contribution in [1.29, 1.82) is 0 Å². The molecule has 0 saturated heterocycles. The molecule has 0 aromatic heterocycles. The zero-order chi connectivity index (χ0) is 47.0. The molecule has 11 nitrogen and oxygen atoms in total. The van der Waals surface area contributed by atoms with Crippen molar-refractivity contribution in [3.05, 3.63) is 36.5 Å². The molecule has 0 aliphatic carbocycles. The Morgan fingerprint density at radius 2 is 0.828 bits per heavy atom. The number of carboxylic acid groups (broad SMARTS) is 1. The number of hydrogen-bond donors (Lipinski definition) is 3. The summed E-state index contributed by atoms with van der Waals surface area (Å²) in [6, 6.07) is -1.52. The van der Waals surface area contributed by atoms with Gasteiger partial charge in [0, 0.05) is 12.8 Å². The number of unbranched alkanes of at least 4 members (excludes halogenated alkanes) is 29. The minimum absolute atomic E-state index is 0.160. The quantitative estimate of drug-likeness (QED) is 0.0229. The van der Waals surface area contributed by atoms with Crippen LogP contribution in [0.25, 0.3) is 0 Å². The average molecular weight is 926 g/mol. The van der Waals surface area contributed by atoms with Crippen molar-refractivity contribution in [2.24, 2.45) is 5.73 Å². The minimum Gasteiger partial charge on any atom is -0.480 e. The van der Waals surface area contributed by atoms with E-state index in [0.717, 1.165) is 57.8 Å². The van der Waals surface area contributed by atoms with Crippen molar-refractivity contribution >= 4 is 25.7 Å². The molecule has 12 heteroatoms. The van der Waals surface area contributed by atoms with Gasteiger partial charge >= 0.3 is 25.7 Å². The second-order valence-electron chi connectivity index (χ2n) is 17.7. The molecule has 1 unspecified atom stereocenters. The summed E-state index contributed by atoms with van der Waals surface area (Å²) >= 11 is 0. The smallest absolute Gasteiger partial charge is 0.472 e. The van der Waals surface area contributed by atoms with Gasteiger partial charge in [-0.2, -0.15) is 0 Å². The molecule has 0 rings (SSSR count). The molecule has 0 aliphatic rings. The van der Waals surface area contributed by atoms with Crippen LogP contribution in [-0.4, -0.2) is 59.9 Å². The van der Waals surface area contributed by atoms with Crippen molar-refractivity contribution in [1.82, 2.24) is 0 Å². The SMILES string of the molecule is CCCCC/C=C/C/C=C/C/C=C/CCCCCCC(=O)OC[C@@H](COP(=O)(O)OC[C@H](N)C(=O)O)OC(=O)CCCCCCCCCCCCCCCCCCCCCCCCC. The zero-order valence-corrected chi connectivity index (χ0v) is 41.8. The Hall–Kier alpha value is -2.30. The molecule has 0 spiro atoms. The lowest BCUT2D eigenvalue weighted by Gasteiger charge is -2.20. The Morgan fingerprint density at radius 3 is 1.27 bits per heavy atom. The first-order valence-corrected chi connectivity index (χ1v) is 27.5. The third kappa shape index (κ3) is 46.2. The number of nitrogens with two attached hydrogens (primary N) is 1. The van der Waals surface area contributed by atoms with Crippen LogP contribution >= 0.6 is 7.82 Å². The normalized spacial score (nSPS) is 13.8.